The Labute approximate surface area is 85.0 Å². The van der Waals surface area contributed by atoms with Gasteiger partial charge in [-0.1, -0.05) is 19.9 Å². The Morgan fingerprint density at radius 2 is 2.43 bits per heavy atom. The molecule has 0 amide bonds. The van der Waals surface area contributed by atoms with Gasteiger partial charge in [-0.2, -0.15) is 5.10 Å². The van der Waals surface area contributed by atoms with Gasteiger partial charge in [0.1, 0.15) is 6.33 Å². The molecule has 78 valence electrons. The monoisotopic (exact) mass is 194 g/mol. The predicted molar refractivity (Wildman–Crippen MR) is 56.8 cm³/mol. The molecule has 1 rings (SSSR count). The van der Waals surface area contributed by atoms with Gasteiger partial charge >= 0.3 is 0 Å². The van der Waals surface area contributed by atoms with Gasteiger partial charge in [-0.15, -0.1) is 6.58 Å². The van der Waals surface area contributed by atoms with Gasteiger partial charge < -0.3 is 5.32 Å². The first-order valence-corrected chi connectivity index (χ1v) is 4.92. The van der Waals surface area contributed by atoms with E-state index >= 15 is 0 Å². The van der Waals surface area contributed by atoms with E-state index in [0.717, 1.165) is 25.5 Å². The standard InChI is InChI=1S/C10H18N4/c1-4-5-14-8-12-10(13-14)7-11-6-9(2)3/h4,8-9,11H,1,5-7H2,2-3H3. The first-order valence-electron chi connectivity index (χ1n) is 4.92. The van der Waals surface area contributed by atoms with Crippen molar-refractivity contribution in [1.82, 2.24) is 20.1 Å². The summed E-state index contributed by atoms with van der Waals surface area (Å²) in [5, 5.41) is 7.56. The van der Waals surface area contributed by atoms with Crippen molar-refractivity contribution >= 4 is 0 Å². The van der Waals surface area contributed by atoms with Gasteiger partial charge in [0.15, 0.2) is 5.82 Å². The molecule has 0 bridgehead atoms. The first-order chi connectivity index (χ1) is 6.72. The lowest BCUT2D eigenvalue weighted by Crippen LogP contribution is -2.19. The fraction of sp³-hybridized carbons (Fsp3) is 0.600. The molecule has 1 aromatic rings. The largest absolute Gasteiger partial charge is 0.310 e. The number of hydrogen-bond acceptors (Lipinski definition) is 3. The summed E-state index contributed by atoms with van der Waals surface area (Å²) in [4.78, 5) is 4.17. The van der Waals surface area contributed by atoms with Crippen LogP contribution >= 0.6 is 0 Å². The smallest absolute Gasteiger partial charge is 0.164 e. The quantitative estimate of drug-likeness (QED) is 0.692. The zero-order chi connectivity index (χ0) is 10.4. The second-order valence-corrected chi connectivity index (χ2v) is 3.70. The average Bonchev–Trinajstić information content (AvgIpc) is 2.53. The van der Waals surface area contributed by atoms with Crippen LogP contribution in [0.5, 0.6) is 0 Å². The maximum Gasteiger partial charge on any atom is 0.164 e. The van der Waals surface area contributed by atoms with Gasteiger partial charge in [-0.3, -0.25) is 0 Å². The Balaban J connectivity index is 2.32. The van der Waals surface area contributed by atoms with Crippen molar-refractivity contribution in [3.05, 3.63) is 24.8 Å². The van der Waals surface area contributed by atoms with Crippen molar-refractivity contribution in [3.8, 4) is 0 Å². The summed E-state index contributed by atoms with van der Waals surface area (Å²) in [6, 6.07) is 0. The molecule has 14 heavy (non-hydrogen) atoms. The van der Waals surface area contributed by atoms with Gasteiger partial charge in [0.25, 0.3) is 0 Å². The lowest BCUT2D eigenvalue weighted by Gasteiger charge is -2.04. The Kier molecular flexibility index (Phi) is 4.32. The van der Waals surface area contributed by atoms with E-state index < -0.39 is 0 Å². The molecule has 0 spiro atoms. The number of allylic oxidation sites excluding steroid dienone is 1. The van der Waals surface area contributed by atoms with Gasteiger partial charge in [-0.05, 0) is 12.5 Å². The summed E-state index contributed by atoms with van der Waals surface area (Å²) in [5.41, 5.74) is 0. The van der Waals surface area contributed by atoms with Crippen LogP contribution in [0.4, 0.5) is 0 Å². The molecule has 0 unspecified atom stereocenters. The van der Waals surface area contributed by atoms with Crippen LogP contribution in [0.25, 0.3) is 0 Å². The van der Waals surface area contributed by atoms with E-state index in [2.05, 4.69) is 35.8 Å². The fourth-order valence-corrected chi connectivity index (χ4v) is 1.11. The Hall–Kier alpha value is -1.16. The highest BCUT2D eigenvalue weighted by atomic mass is 15.3. The van der Waals surface area contributed by atoms with E-state index in [1.54, 1.807) is 17.1 Å². The molecule has 0 fully saturated rings. The minimum atomic E-state index is 0.658. The fourth-order valence-electron chi connectivity index (χ4n) is 1.11. The SMILES string of the molecule is C=CCn1cnc(CNCC(C)C)n1. The maximum atomic E-state index is 4.27. The molecule has 0 saturated carbocycles. The van der Waals surface area contributed by atoms with Crippen LogP contribution < -0.4 is 5.32 Å². The highest BCUT2D eigenvalue weighted by molar-refractivity contribution is 4.82. The highest BCUT2D eigenvalue weighted by Crippen LogP contribution is 1.92. The number of rotatable bonds is 6. The zero-order valence-electron chi connectivity index (χ0n) is 8.90. The minimum absolute atomic E-state index is 0.658. The molecule has 0 saturated heterocycles. The van der Waals surface area contributed by atoms with Crippen molar-refractivity contribution < 1.29 is 0 Å². The summed E-state index contributed by atoms with van der Waals surface area (Å²) in [6.45, 7) is 10.5. The van der Waals surface area contributed by atoms with Crippen LogP contribution in [0.2, 0.25) is 0 Å². The third kappa shape index (κ3) is 3.70. The molecule has 0 aromatic carbocycles. The molecule has 0 aliphatic carbocycles. The molecule has 4 heteroatoms. The van der Waals surface area contributed by atoms with E-state index in [1.807, 2.05) is 0 Å². The van der Waals surface area contributed by atoms with E-state index in [9.17, 15) is 0 Å². The minimum Gasteiger partial charge on any atom is -0.310 e. The number of aromatic nitrogens is 3. The predicted octanol–water partition coefficient (Wildman–Crippen LogP) is 1.21. The Morgan fingerprint density at radius 3 is 3.07 bits per heavy atom. The van der Waals surface area contributed by atoms with Crippen LogP contribution in [0.15, 0.2) is 19.0 Å². The molecule has 4 nitrogen and oxygen atoms in total. The first kappa shape index (κ1) is 10.9. The molecule has 0 aliphatic heterocycles. The van der Waals surface area contributed by atoms with Crippen LogP contribution in [0.1, 0.15) is 19.7 Å². The lowest BCUT2D eigenvalue weighted by molar-refractivity contribution is 0.540. The number of nitrogens with zero attached hydrogens (tertiary/aromatic N) is 3. The Bertz CT molecular complexity index is 277. The van der Waals surface area contributed by atoms with Gasteiger partial charge in [-0.25, -0.2) is 9.67 Å². The summed E-state index contributed by atoms with van der Waals surface area (Å²) < 4.78 is 1.78. The molecule has 0 radical (unpaired) electrons. The van der Waals surface area contributed by atoms with Crippen LogP contribution in [-0.2, 0) is 13.1 Å². The maximum absolute atomic E-state index is 4.27. The number of hydrogen-bond donors (Lipinski definition) is 1. The molecule has 1 heterocycles. The van der Waals surface area contributed by atoms with E-state index in [4.69, 9.17) is 0 Å². The van der Waals surface area contributed by atoms with Gasteiger partial charge in [0.05, 0.1) is 13.1 Å². The topological polar surface area (TPSA) is 42.7 Å². The van der Waals surface area contributed by atoms with Crippen molar-refractivity contribution in [3.63, 3.8) is 0 Å². The lowest BCUT2D eigenvalue weighted by atomic mass is 10.2. The second kappa shape index (κ2) is 5.54. The second-order valence-electron chi connectivity index (χ2n) is 3.70. The third-order valence-electron chi connectivity index (χ3n) is 1.74. The molecule has 1 N–H and O–H groups in total. The third-order valence-corrected chi connectivity index (χ3v) is 1.74. The molecular formula is C10H18N4. The normalized spacial score (nSPS) is 10.8. The summed E-state index contributed by atoms with van der Waals surface area (Å²) in [5.74, 6) is 1.50. The highest BCUT2D eigenvalue weighted by Gasteiger charge is 1.99. The van der Waals surface area contributed by atoms with E-state index in [-0.39, 0.29) is 0 Å². The van der Waals surface area contributed by atoms with Crippen molar-refractivity contribution in [2.75, 3.05) is 6.54 Å². The molecular weight excluding hydrogens is 176 g/mol. The molecule has 0 aliphatic rings. The van der Waals surface area contributed by atoms with Crippen LogP contribution in [0, 0.1) is 5.92 Å². The average molecular weight is 194 g/mol. The Morgan fingerprint density at radius 1 is 1.64 bits per heavy atom. The summed E-state index contributed by atoms with van der Waals surface area (Å²) >= 11 is 0. The molecule has 0 atom stereocenters. The van der Waals surface area contributed by atoms with E-state index in [0.29, 0.717) is 5.92 Å². The van der Waals surface area contributed by atoms with Crippen molar-refractivity contribution in [1.29, 1.82) is 0 Å². The summed E-state index contributed by atoms with van der Waals surface area (Å²) in [7, 11) is 0. The van der Waals surface area contributed by atoms with Crippen molar-refractivity contribution in [2.45, 2.75) is 26.9 Å². The van der Waals surface area contributed by atoms with Gasteiger partial charge in [0, 0.05) is 0 Å². The van der Waals surface area contributed by atoms with Gasteiger partial charge in [0.2, 0.25) is 0 Å². The molecule has 1 aromatic heterocycles. The zero-order valence-corrected chi connectivity index (χ0v) is 8.90. The van der Waals surface area contributed by atoms with Crippen LogP contribution in [-0.4, -0.2) is 21.3 Å². The van der Waals surface area contributed by atoms with Crippen molar-refractivity contribution in [2.24, 2.45) is 5.92 Å². The van der Waals surface area contributed by atoms with Crippen LogP contribution in [0.3, 0.4) is 0 Å². The van der Waals surface area contributed by atoms with E-state index in [1.165, 1.54) is 0 Å². The summed E-state index contributed by atoms with van der Waals surface area (Å²) in [6.07, 6.45) is 3.54. The number of nitrogens with one attached hydrogen (secondary N) is 1.